The second kappa shape index (κ2) is 5.94. The van der Waals surface area contributed by atoms with Crippen molar-refractivity contribution in [2.24, 2.45) is 0 Å². The van der Waals surface area contributed by atoms with Gasteiger partial charge in [-0.2, -0.15) is 9.61 Å². The first kappa shape index (κ1) is 15.2. The quantitative estimate of drug-likeness (QED) is 0.716. The maximum atomic E-state index is 5.92. The molecule has 3 aromatic rings. The molecule has 0 N–H and O–H groups in total. The van der Waals surface area contributed by atoms with Crippen molar-refractivity contribution in [3.8, 4) is 0 Å². The van der Waals surface area contributed by atoms with E-state index in [1.807, 2.05) is 36.6 Å². The van der Waals surface area contributed by atoms with Crippen LogP contribution in [0.25, 0.3) is 5.65 Å². The van der Waals surface area contributed by atoms with Gasteiger partial charge < -0.3 is 9.80 Å². The van der Waals surface area contributed by atoms with Crippen molar-refractivity contribution in [3.63, 3.8) is 0 Å². The van der Waals surface area contributed by atoms with Crippen LogP contribution in [0.1, 0.15) is 11.4 Å². The van der Waals surface area contributed by atoms with E-state index in [1.54, 1.807) is 6.20 Å². The number of pyridine rings is 1. The average Bonchev–Trinajstić information content (AvgIpc) is 2.95. The van der Waals surface area contributed by atoms with E-state index in [-0.39, 0.29) is 0 Å². The molecule has 0 saturated carbocycles. The Morgan fingerprint density at radius 3 is 2.42 bits per heavy atom. The first-order valence-corrected chi connectivity index (χ1v) is 8.43. The Morgan fingerprint density at radius 1 is 0.958 bits per heavy atom. The number of hydrogen-bond acceptors (Lipinski definition) is 5. The minimum atomic E-state index is 0.668. The van der Waals surface area contributed by atoms with Crippen molar-refractivity contribution < 1.29 is 0 Å². The lowest BCUT2D eigenvalue weighted by atomic mass is 10.3. The third kappa shape index (κ3) is 2.78. The molecule has 7 heteroatoms. The third-order valence-electron chi connectivity index (χ3n) is 4.30. The maximum Gasteiger partial charge on any atom is 0.157 e. The van der Waals surface area contributed by atoms with E-state index < -0.39 is 0 Å². The zero-order chi connectivity index (χ0) is 16.7. The molecule has 0 unspecified atom stereocenters. The minimum absolute atomic E-state index is 0.668. The molecule has 0 aliphatic carbocycles. The highest BCUT2D eigenvalue weighted by Crippen LogP contribution is 2.22. The molecule has 124 valence electrons. The van der Waals surface area contributed by atoms with Crippen LogP contribution < -0.4 is 9.80 Å². The summed E-state index contributed by atoms with van der Waals surface area (Å²) < 4.78 is 1.94. The summed E-state index contributed by atoms with van der Waals surface area (Å²) in [6.45, 7) is 7.69. The molecule has 4 rings (SSSR count). The Morgan fingerprint density at radius 2 is 1.71 bits per heavy atom. The van der Waals surface area contributed by atoms with Crippen LogP contribution in [-0.2, 0) is 0 Å². The zero-order valence-corrected chi connectivity index (χ0v) is 14.5. The summed E-state index contributed by atoms with van der Waals surface area (Å²) in [5, 5.41) is 5.26. The normalized spacial score (nSPS) is 15.3. The summed E-state index contributed by atoms with van der Waals surface area (Å²) in [4.78, 5) is 13.6. The van der Waals surface area contributed by atoms with E-state index in [4.69, 9.17) is 11.6 Å². The van der Waals surface area contributed by atoms with Crippen molar-refractivity contribution in [1.29, 1.82) is 0 Å². The molecule has 1 aliphatic rings. The van der Waals surface area contributed by atoms with E-state index in [2.05, 4.69) is 30.9 Å². The molecule has 0 bridgehead atoms. The minimum Gasteiger partial charge on any atom is -0.353 e. The van der Waals surface area contributed by atoms with Crippen LogP contribution in [-0.4, -0.2) is 45.8 Å². The predicted molar refractivity (Wildman–Crippen MR) is 96.1 cm³/mol. The van der Waals surface area contributed by atoms with Crippen LogP contribution in [0.3, 0.4) is 0 Å². The standard InChI is InChI=1S/C17H19ClN6/c1-12-10-17(24-16(20-12)9-13(2)21-24)23-7-5-22(6-8-23)15-4-3-14(18)11-19-15/h3-4,9-11H,5-8H2,1-2H3. The van der Waals surface area contributed by atoms with Gasteiger partial charge in [0.2, 0.25) is 0 Å². The lowest BCUT2D eigenvalue weighted by Crippen LogP contribution is -2.47. The summed E-state index contributed by atoms with van der Waals surface area (Å²) >= 11 is 5.92. The maximum absolute atomic E-state index is 5.92. The molecule has 0 atom stereocenters. The van der Waals surface area contributed by atoms with Crippen LogP contribution in [0.4, 0.5) is 11.6 Å². The van der Waals surface area contributed by atoms with Crippen molar-refractivity contribution in [2.45, 2.75) is 13.8 Å². The molecule has 4 heterocycles. The van der Waals surface area contributed by atoms with Gasteiger partial charge in [0.15, 0.2) is 5.65 Å². The van der Waals surface area contributed by atoms with Gasteiger partial charge in [-0.25, -0.2) is 9.97 Å². The molecule has 1 aliphatic heterocycles. The Balaban J connectivity index is 1.57. The van der Waals surface area contributed by atoms with Crippen LogP contribution >= 0.6 is 11.6 Å². The smallest absolute Gasteiger partial charge is 0.157 e. The molecular formula is C17H19ClN6. The van der Waals surface area contributed by atoms with Crippen LogP contribution in [0.5, 0.6) is 0 Å². The molecule has 3 aromatic heterocycles. The number of halogens is 1. The second-order valence-corrected chi connectivity index (χ2v) is 6.56. The molecular weight excluding hydrogens is 324 g/mol. The molecule has 1 fully saturated rings. The van der Waals surface area contributed by atoms with E-state index in [9.17, 15) is 0 Å². The molecule has 24 heavy (non-hydrogen) atoms. The van der Waals surface area contributed by atoms with Gasteiger partial charge in [0.05, 0.1) is 10.7 Å². The van der Waals surface area contributed by atoms with Gasteiger partial charge in [-0.3, -0.25) is 0 Å². The van der Waals surface area contributed by atoms with E-state index in [1.165, 1.54) is 0 Å². The fourth-order valence-corrected chi connectivity index (χ4v) is 3.25. The van der Waals surface area contributed by atoms with Gasteiger partial charge >= 0.3 is 0 Å². The second-order valence-electron chi connectivity index (χ2n) is 6.12. The molecule has 6 nitrogen and oxygen atoms in total. The highest BCUT2D eigenvalue weighted by molar-refractivity contribution is 6.30. The number of nitrogens with zero attached hydrogens (tertiary/aromatic N) is 6. The number of fused-ring (bicyclic) bond motifs is 1. The van der Waals surface area contributed by atoms with Gasteiger partial charge in [0.25, 0.3) is 0 Å². The Bertz CT molecular complexity index is 865. The van der Waals surface area contributed by atoms with Crippen LogP contribution in [0, 0.1) is 13.8 Å². The van der Waals surface area contributed by atoms with E-state index in [0.29, 0.717) is 5.02 Å². The lowest BCUT2D eigenvalue weighted by molar-refractivity contribution is 0.633. The van der Waals surface area contributed by atoms with E-state index in [0.717, 1.165) is 54.8 Å². The zero-order valence-electron chi connectivity index (χ0n) is 13.8. The van der Waals surface area contributed by atoms with Crippen molar-refractivity contribution in [1.82, 2.24) is 19.6 Å². The highest BCUT2D eigenvalue weighted by Gasteiger charge is 2.21. The van der Waals surface area contributed by atoms with Crippen LogP contribution in [0.2, 0.25) is 5.02 Å². The summed E-state index contributed by atoms with van der Waals surface area (Å²) in [6.07, 6.45) is 1.70. The molecule has 0 aromatic carbocycles. The van der Waals surface area contributed by atoms with Gasteiger partial charge in [-0.15, -0.1) is 0 Å². The van der Waals surface area contributed by atoms with Gasteiger partial charge in [0, 0.05) is 50.2 Å². The Hall–Kier alpha value is -2.34. The highest BCUT2D eigenvalue weighted by atomic mass is 35.5. The summed E-state index contributed by atoms with van der Waals surface area (Å²) in [5.74, 6) is 2.08. The fraction of sp³-hybridized carbons (Fsp3) is 0.353. The number of hydrogen-bond donors (Lipinski definition) is 0. The van der Waals surface area contributed by atoms with Gasteiger partial charge in [-0.05, 0) is 26.0 Å². The first-order valence-electron chi connectivity index (χ1n) is 8.06. The van der Waals surface area contributed by atoms with Crippen molar-refractivity contribution in [2.75, 3.05) is 36.0 Å². The Kier molecular flexibility index (Phi) is 3.76. The molecule has 1 saturated heterocycles. The van der Waals surface area contributed by atoms with E-state index >= 15 is 0 Å². The number of anilines is 2. The monoisotopic (exact) mass is 342 g/mol. The summed E-state index contributed by atoms with van der Waals surface area (Å²) in [7, 11) is 0. The SMILES string of the molecule is Cc1cc(N2CCN(c3ccc(Cl)cn3)CC2)n2nc(C)cc2n1. The van der Waals surface area contributed by atoms with Crippen molar-refractivity contribution >= 4 is 28.9 Å². The summed E-state index contributed by atoms with van der Waals surface area (Å²) in [6, 6.07) is 7.99. The summed E-state index contributed by atoms with van der Waals surface area (Å²) in [5.41, 5.74) is 2.90. The number of aromatic nitrogens is 4. The molecule has 0 spiro atoms. The number of piperazine rings is 1. The number of rotatable bonds is 2. The largest absolute Gasteiger partial charge is 0.353 e. The molecule has 0 amide bonds. The number of aryl methyl sites for hydroxylation is 2. The lowest BCUT2D eigenvalue weighted by Gasteiger charge is -2.36. The van der Waals surface area contributed by atoms with Crippen LogP contribution in [0.15, 0.2) is 30.5 Å². The molecule has 0 radical (unpaired) electrons. The first-order chi connectivity index (χ1) is 11.6. The topological polar surface area (TPSA) is 49.6 Å². The Labute approximate surface area is 145 Å². The predicted octanol–water partition coefficient (Wildman–Crippen LogP) is 2.72. The third-order valence-corrected chi connectivity index (χ3v) is 4.52. The van der Waals surface area contributed by atoms with Crippen molar-refractivity contribution in [3.05, 3.63) is 46.9 Å². The van der Waals surface area contributed by atoms with Gasteiger partial charge in [0.1, 0.15) is 11.6 Å². The average molecular weight is 343 g/mol. The fourth-order valence-electron chi connectivity index (χ4n) is 3.14. The van der Waals surface area contributed by atoms with Gasteiger partial charge in [-0.1, -0.05) is 11.6 Å².